The number of aromatic nitrogens is 3. The van der Waals surface area contributed by atoms with E-state index in [2.05, 4.69) is 20.5 Å². The van der Waals surface area contributed by atoms with Crippen LogP contribution in [0.2, 0.25) is 0 Å². The molecule has 0 aliphatic rings. The number of nitrogens with one attached hydrogen (secondary N) is 2. The fourth-order valence-corrected chi connectivity index (χ4v) is 5.89. The second-order valence-electron chi connectivity index (χ2n) is 9.93. The smallest absolute Gasteiger partial charge is 0.267 e. The number of benzene rings is 2. The van der Waals surface area contributed by atoms with Gasteiger partial charge in [0.2, 0.25) is 5.91 Å². The van der Waals surface area contributed by atoms with Gasteiger partial charge in [0, 0.05) is 36.9 Å². The number of likely N-dealkylation sites (N-methyl/N-ethyl adjacent to an activating group) is 1. The van der Waals surface area contributed by atoms with Crippen molar-refractivity contribution in [2.45, 2.75) is 44.8 Å². The Morgan fingerprint density at radius 2 is 1.75 bits per heavy atom. The van der Waals surface area contributed by atoms with Crippen LogP contribution in [-0.2, 0) is 27.9 Å². The van der Waals surface area contributed by atoms with Crippen molar-refractivity contribution in [1.29, 1.82) is 0 Å². The molecule has 0 saturated heterocycles. The fourth-order valence-electron chi connectivity index (χ4n) is 4.51. The van der Waals surface area contributed by atoms with Crippen molar-refractivity contribution in [3.63, 3.8) is 0 Å². The molecule has 0 radical (unpaired) electrons. The predicted octanol–water partition coefficient (Wildman–Crippen LogP) is 3.20. The van der Waals surface area contributed by atoms with Crippen molar-refractivity contribution in [3.8, 4) is 0 Å². The molecule has 2 aromatic heterocycles. The van der Waals surface area contributed by atoms with E-state index in [9.17, 15) is 13.2 Å². The van der Waals surface area contributed by atoms with Crippen molar-refractivity contribution in [3.05, 3.63) is 84.4 Å². The number of hydrogen-bond donors (Lipinski definition) is 3. The molecule has 0 saturated carbocycles. The zero-order chi connectivity index (χ0) is 28.7. The molecule has 0 aliphatic carbocycles. The van der Waals surface area contributed by atoms with Crippen LogP contribution in [0, 0.1) is 5.92 Å². The maximum atomic E-state index is 13.2. The van der Waals surface area contributed by atoms with Gasteiger partial charge in [0.15, 0.2) is 0 Å². The first-order valence-corrected chi connectivity index (χ1v) is 14.9. The highest BCUT2D eigenvalue weighted by atomic mass is 32.2. The van der Waals surface area contributed by atoms with Crippen LogP contribution in [0.1, 0.15) is 32.3 Å². The molecule has 4 rings (SSSR count). The topological polar surface area (TPSA) is 135 Å². The number of hydrogen-bond acceptors (Lipinski definition) is 8. The second-order valence-corrected chi connectivity index (χ2v) is 11.7. The Hall–Kier alpha value is -3.80. The molecule has 40 heavy (non-hydrogen) atoms. The summed E-state index contributed by atoms with van der Waals surface area (Å²) in [6.45, 7) is 8.93. The molecule has 2 heterocycles. The summed E-state index contributed by atoms with van der Waals surface area (Å²) in [6.07, 6.45) is 1.59. The SMILES string of the molecule is CCN(CCNCc1nc(N[C@H](C(N)=O)C(C)C)c2ccccc2n1)Cc1cccn1S(=O)(=O)c1ccccc1. The normalized spacial score (nSPS) is 12.7. The summed E-state index contributed by atoms with van der Waals surface area (Å²) in [5, 5.41) is 7.44. The van der Waals surface area contributed by atoms with Gasteiger partial charge in [-0.2, -0.15) is 0 Å². The van der Waals surface area contributed by atoms with Gasteiger partial charge in [0.1, 0.15) is 17.7 Å². The summed E-state index contributed by atoms with van der Waals surface area (Å²) in [4.78, 5) is 23.8. The first-order chi connectivity index (χ1) is 19.2. The molecule has 1 atom stereocenters. The average molecular weight is 564 g/mol. The van der Waals surface area contributed by atoms with Gasteiger partial charge in [-0.25, -0.2) is 22.4 Å². The Bertz CT molecular complexity index is 1540. The van der Waals surface area contributed by atoms with Crippen LogP contribution in [0.15, 0.2) is 77.8 Å². The summed E-state index contributed by atoms with van der Waals surface area (Å²) in [5.41, 5.74) is 7.10. The largest absolute Gasteiger partial charge is 0.368 e. The lowest BCUT2D eigenvalue weighted by Crippen LogP contribution is -2.40. The summed E-state index contributed by atoms with van der Waals surface area (Å²) >= 11 is 0. The van der Waals surface area contributed by atoms with E-state index in [1.54, 1.807) is 42.6 Å². The molecule has 0 aliphatic heterocycles. The van der Waals surface area contributed by atoms with Crippen molar-refractivity contribution in [1.82, 2.24) is 24.2 Å². The molecule has 2 aromatic carbocycles. The molecule has 4 aromatic rings. The van der Waals surface area contributed by atoms with Crippen molar-refractivity contribution in [2.75, 3.05) is 25.0 Å². The molecule has 1 amide bonds. The van der Waals surface area contributed by atoms with E-state index < -0.39 is 22.0 Å². The number of nitrogens with two attached hydrogens (primary N) is 1. The van der Waals surface area contributed by atoms with Gasteiger partial charge in [-0.3, -0.25) is 9.69 Å². The molecule has 0 spiro atoms. The maximum Gasteiger partial charge on any atom is 0.267 e. The lowest BCUT2D eigenvalue weighted by Gasteiger charge is -2.22. The zero-order valence-corrected chi connectivity index (χ0v) is 23.9. The first kappa shape index (κ1) is 29.2. The average Bonchev–Trinajstić information content (AvgIpc) is 3.42. The van der Waals surface area contributed by atoms with Crippen LogP contribution < -0.4 is 16.4 Å². The third kappa shape index (κ3) is 6.85. The third-order valence-corrected chi connectivity index (χ3v) is 8.47. The van der Waals surface area contributed by atoms with Gasteiger partial charge in [0.25, 0.3) is 10.0 Å². The van der Waals surface area contributed by atoms with Gasteiger partial charge in [-0.05, 0) is 48.9 Å². The Kier molecular flexibility index (Phi) is 9.51. The summed E-state index contributed by atoms with van der Waals surface area (Å²) in [5.74, 6) is 0.742. The quantitative estimate of drug-likeness (QED) is 0.199. The Labute approximate surface area is 235 Å². The molecule has 11 heteroatoms. The van der Waals surface area contributed by atoms with Gasteiger partial charge < -0.3 is 16.4 Å². The van der Waals surface area contributed by atoms with E-state index in [-0.39, 0.29) is 10.8 Å². The van der Waals surface area contributed by atoms with Crippen LogP contribution in [0.3, 0.4) is 0 Å². The van der Waals surface area contributed by atoms with Crippen LogP contribution in [-0.4, -0.2) is 58.8 Å². The molecule has 212 valence electrons. The number of carbonyl (C=O) groups is 1. The highest BCUT2D eigenvalue weighted by Crippen LogP contribution is 2.22. The van der Waals surface area contributed by atoms with Crippen LogP contribution in [0.25, 0.3) is 10.9 Å². The van der Waals surface area contributed by atoms with E-state index in [1.807, 2.05) is 51.1 Å². The molecule has 0 fully saturated rings. The maximum absolute atomic E-state index is 13.2. The van der Waals surface area contributed by atoms with E-state index in [4.69, 9.17) is 10.7 Å². The number of para-hydroxylation sites is 1. The number of fused-ring (bicyclic) bond motifs is 1. The lowest BCUT2D eigenvalue weighted by molar-refractivity contribution is -0.119. The van der Waals surface area contributed by atoms with Crippen molar-refractivity contribution >= 4 is 32.7 Å². The van der Waals surface area contributed by atoms with E-state index in [1.165, 1.54) is 3.97 Å². The fraction of sp³-hybridized carbons (Fsp3) is 0.345. The minimum atomic E-state index is -3.66. The first-order valence-electron chi connectivity index (χ1n) is 13.4. The van der Waals surface area contributed by atoms with E-state index in [0.717, 1.165) is 17.4 Å². The van der Waals surface area contributed by atoms with Gasteiger partial charge in [-0.15, -0.1) is 0 Å². The van der Waals surface area contributed by atoms with Gasteiger partial charge >= 0.3 is 0 Å². The Morgan fingerprint density at radius 1 is 1.02 bits per heavy atom. The summed E-state index contributed by atoms with van der Waals surface area (Å²) in [7, 11) is -3.66. The minimum Gasteiger partial charge on any atom is -0.368 e. The van der Waals surface area contributed by atoms with Crippen LogP contribution >= 0.6 is 0 Å². The summed E-state index contributed by atoms with van der Waals surface area (Å²) in [6, 6.07) is 19.1. The number of primary amides is 1. The highest BCUT2D eigenvalue weighted by molar-refractivity contribution is 7.90. The molecule has 4 N–H and O–H groups in total. The number of amides is 1. The standard InChI is InChI=1S/C29H37N7O3S/c1-4-35(20-22-11-10-17-36(22)40(38,39)23-12-6-5-7-13-23)18-16-31-19-26-32-25-15-9-8-14-24(25)29(33-26)34-27(21(2)3)28(30)37/h5-15,17,21,27,31H,4,16,18-20H2,1-3H3,(H2,30,37)(H,32,33,34)/t27-/m0/s1. The van der Waals surface area contributed by atoms with Gasteiger partial charge in [-0.1, -0.05) is 51.1 Å². The molecule has 0 unspecified atom stereocenters. The molecular weight excluding hydrogens is 526 g/mol. The lowest BCUT2D eigenvalue weighted by atomic mass is 10.0. The molecule has 10 nitrogen and oxygen atoms in total. The number of carbonyl (C=O) groups excluding carboxylic acids is 1. The predicted molar refractivity (Wildman–Crippen MR) is 157 cm³/mol. The highest BCUT2D eigenvalue weighted by Gasteiger charge is 2.22. The van der Waals surface area contributed by atoms with Crippen LogP contribution in [0.4, 0.5) is 5.82 Å². The number of nitrogens with zero attached hydrogens (tertiary/aromatic N) is 4. The van der Waals surface area contributed by atoms with Crippen molar-refractivity contribution in [2.24, 2.45) is 11.7 Å². The van der Waals surface area contributed by atoms with E-state index >= 15 is 0 Å². The number of anilines is 1. The minimum absolute atomic E-state index is 0.00313. The summed E-state index contributed by atoms with van der Waals surface area (Å²) < 4.78 is 27.7. The molecular formula is C29H37N7O3S. The third-order valence-electron chi connectivity index (χ3n) is 6.73. The monoisotopic (exact) mass is 563 g/mol. The molecule has 0 bridgehead atoms. The zero-order valence-electron chi connectivity index (χ0n) is 23.1. The van der Waals surface area contributed by atoms with Gasteiger partial charge in [0.05, 0.1) is 17.0 Å². The Morgan fingerprint density at radius 3 is 2.45 bits per heavy atom. The number of rotatable bonds is 14. The van der Waals surface area contributed by atoms with E-state index in [0.29, 0.717) is 43.5 Å². The van der Waals surface area contributed by atoms with Crippen molar-refractivity contribution < 1.29 is 13.2 Å². The second kappa shape index (κ2) is 13.0. The van der Waals surface area contributed by atoms with Crippen LogP contribution in [0.5, 0.6) is 0 Å². The Balaban J connectivity index is 1.40.